The minimum Gasteiger partial charge on any atom is -0.493 e. The van der Waals surface area contributed by atoms with Gasteiger partial charge in [0.1, 0.15) is 12.1 Å². The zero-order valence-electron chi connectivity index (χ0n) is 20.4. The molecule has 3 aromatic heterocycles. The summed E-state index contributed by atoms with van der Waals surface area (Å²) in [5, 5.41) is 6.89. The molecular formula is C28H25N5O4. The van der Waals surface area contributed by atoms with Crippen molar-refractivity contribution in [3.8, 4) is 11.5 Å². The summed E-state index contributed by atoms with van der Waals surface area (Å²) in [4.78, 5) is 25.4. The third kappa shape index (κ3) is 5.35. The molecule has 0 saturated heterocycles. The molecule has 0 saturated carbocycles. The van der Waals surface area contributed by atoms with Crippen LogP contribution in [-0.2, 0) is 12.8 Å². The maximum atomic E-state index is 12.7. The second-order valence-electron chi connectivity index (χ2n) is 8.21. The lowest BCUT2D eigenvalue weighted by atomic mass is 10.0. The third-order valence-electron chi connectivity index (χ3n) is 5.94. The van der Waals surface area contributed by atoms with Gasteiger partial charge in [0, 0.05) is 29.5 Å². The molecule has 186 valence electrons. The molecule has 0 fully saturated rings. The average Bonchev–Trinajstić information content (AvgIpc) is 3.45. The van der Waals surface area contributed by atoms with E-state index < -0.39 is 0 Å². The molecule has 2 aromatic carbocycles. The van der Waals surface area contributed by atoms with Gasteiger partial charge in [-0.2, -0.15) is 0 Å². The van der Waals surface area contributed by atoms with Gasteiger partial charge >= 0.3 is 6.01 Å². The van der Waals surface area contributed by atoms with Crippen LogP contribution in [0.5, 0.6) is 11.5 Å². The second kappa shape index (κ2) is 10.8. The molecule has 2 N–H and O–H groups in total. The number of oxazole rings is 1. The molecule has 0 radical (unpaired) electrons. The zero-order chi connectivity index (χ0) is 25.6. The number of ether oxygens (including phenoxy) is 2. The summed E-state index contributed by atoms with van der Waals surface area (Å²) in [6.45, 7) is 0. The van der Waals surface area contributed by atoms with Crippen molar-refractivity contribution in [3.05, 3.63) is 96.1 Å². The maximum Gasteiger partial charge on any atom is 0.301 e. The molecule has 5 aromatic rings. The Morgan fingerprint density at radius 3 is 2.46 bits per heavy atom. The van der Waals surface area contributed by atoms with Gasteiger partial charge in [0.2, 0.25) is 0 Å². The van der Waals surface area contributed by atoms with Gasteiger partial charge in [-0.25, -0.2) is 9.97 Å². The fraction of sp³-hybridized carbons (Fsp3) is 0.143. The Labute approximate surface area is 213 Å². The van der Waals surface area contributed by atoms with E-state index in [4.69, 9.17) is 13.9 Å². The number of aromatic nitrogens is 3. The molecule has 5 rings (SSSR count). The fourth-order valence-corrected chi connectivity index (χ4v) is 4.06. The Morgan fingerprint density at radius 2 is 1.70 bits per heavy atom. The lowest BCUT2D eigenvalue weighted by Crippen LogP contribution is -2.14. The van der Waals surface area contributed by atoms with Crippen LogP contribution in [0.1, 0.15) is 21.5 Å². The largest absolute Gasteiger partial charge is 0.493 e. The van der Waals surface area contributed by atoms with Crippen LogP contribution in [0.2, 0.25) is 0 Å². The minimum atomic E-state index is -0.367. The smallest absolute Gasteiger partial charge is 0.301 e. The minimum absolute atomic E-state index is 0.128. The summed E-state index contributed by atoms with van der Waals surface area (Å²) in [6.07, 6.45) is 7.99. The molecule has 1 amide bonds. The van der Waals surface area contributed by atoms with E-state index in [2.05, 4.69) is 37.7 Å². The number of pyridine rings is 2. The third-order valence-corrected chi connectivity index (χ3v) is 5.94. The molecule has 9 heteroatoms. The molecule has 0 aliphatic rings. The molecule has 0 spiro atoms. The monoisotopic (exact) mass is 495 g/mol. The van der Waals surface area contributed by atoms with Gasteiger partial charge < -0.3 is 19.2 Å². The highest BCUT2D eigenvalue weighted by Gasteiger charge is 2.15. The van der Waals surface area contributed by atoms with Crippen molar-refractivity contribution in [1.29, 1.82) is 0 Å². The molecule has 0 aliphatic carbocycles. The SMILES string of the molecule is COc1cc2nccc(CCc3ccc(Nc4ncccc4C(=O)Nc4ncco4)cc3)c2cc1OC. The summed E-state index contributed by atoms with van der Waals surface area (Å²) in [5.41, 5.74) is 4.43. The fourth-order valence-electron chi connectivity index (χ4n) is 4.06. The number of fused-ring (bicyclic) bond motifs is 1. The summed E-state index contributed by atoms with van der Waals surface area (Å²) in [5.74, 6) is 1.41. The second-order valence-corrected chi connectivity index (χ2v) is 8.21. The van der Waals surface area contributed by atoms with Gasteiger partial charge in [-0.3, -0.25) is 15.1 Å². The number of anilines is 3. The summed E-state index contributed by atoms with van der Waals surface area (Å²) >= 11 is 0. The van der Waals surface area contributed by atoms with Crippen LogP contribution in [0.25, 0.3) is 10.9 Å². The van der Waals surface area contributed by atoms with E-state index in [0.29, 0.717) is 22.9 Å². The Bertz CT molecular complexity index is 1520. The van der Waals surface area contributed by atoms with Crippen LogP contribution >= 0.6 is 0 Å². The number of aryl methyl sites for hydroxylation is 2. The maximum absolute atomic E-state index is 12.7. The van der Waals surface area contributed by atoms with Crippen LogP contribution in [0, 0.1) is 0 Å². The van der Waals surface area contributed by atoms with E-state index in [1.807, 2.05) is 36.5 Å². The Kier molecular flexibility index (Phi) is 6.93. The van der Waals surface area contributed by atoms with E-state index in [-0.39, 0.29) is 11.9 Å². The first kappa shape index (κ1) is 23.8. The van der Waals surface area contributed by atoms with Crippen LogP contribution in [0.15, 0.2) is 83.9 Å². The molecule has 0 aliphatic heterocycles. The van der Waals surface area contributed by atoms with E-state index in [0.717, 1.165) is 29.4 Å². The normalized spacial score (nSPS) is 10.8. The van der Waals surface area contributed by atoms with Crippen molar-refractivity contribution >= 4 is 34.3 Å². The van der Waals surface area contributed by atoms with Crippen molar-refractivity contribution < 1.29 is 18.7 Å². The number of hydrogen-bond donors (Lipinski definition) is 2. The quantitative estimate of drug-likeness (QED) is 0.279. The highest BCUT2D eigenvalue weighted by molar-refractivity contribution is 6.06. The number of methoxy groups -OCH3 is 2. The topological polar surface area (TPSA) is 111 Å². The summed E-state index contributed by atoms with van der Waals surface area (Å²) < 4.78 is 16.0. The summed E-state index contributed by atoms with van der Waals surface area (Å²) in [6, 6.07) is 17.5. The van der Waals surface area contributed by atoms with Crippen molar-refractivity contribution in [1.82, 2.24) is 15.0 Å². The summed E-state index contributed by atoms with van der Waals surface area (Å²) in [7, 11) is 3.25. The Morgan fingerprint density at radius 1 is 0.892 bits per heavy atom. The predicted octanol–water partition coefficient (Wildman–Crippen LogP) is 5.42. The molecule has 37 heavy (non-hydrogen) atoms. The van der Waals surface area contributed by atoms with Gasteiger partial charge in [0.05, 0.1) is 31.5 Å². The number of rotatable bonds is 9. The van der Waals surface area contributed by atoms with Crippen molar-refractivity contribution in [2.45, 2.75) is 12.8 Å². The van der Waals surface area contributed by atoms with E-state index in [1.54, 1.807) is 32.5 Å². The van der Waals surface area contributed by atoms with Gasteiger partial charge in [0.15, 0.2) is 11.5 Å². The molecule has 0 unspecified atom stereocenters. The van der Waals surface area contributed by atoms with Crippen molar-refractivity contribution in [3.63, 3.8) is 0 Å². The standard InChI is InChI=1S/C28H25N5O4/c1-35-24-16-22-19(11-13-29-23(22)17-25(24)36-2)8-5-18-6-9-20(10-7-18)32-26-21(4-3-12-30-26)27(34)33-28-31-14-15-37-28/h3-4,6-7,9-17H,5,8H2,1-2H3,(H,30,32)(H,31,33,34). The van der Waals surface area contributed by atoms with Crippen molar-refractivity contribution in [2.24, 2.45) is 0 Å². The molecule has 9 nitrogen and oxygen atoms in total. The van der Waals surface area contributed by atoms with Crippen LogP contribution in [0.3, 0.4) is 0 Å². The van der Waals surface area contributed by atoms with Gasteiger partial charge in [-0.1, -0.05) is 12.1 Å². The van der Waals surface area contributed by atoms with Crippen LogP contribution < -0.4 is 20.1 Å². The lowest BCUT2D eigenvalue weighted by molar-refractivity contribution is 0.102. The van der Waals surface area contributed by atoms with Gasteiger partial charge in [-0.05, 0) is 60.4 Å². The molecule has 0 bridgehead atoms. The number of carbonyl (C=O) groups is 1. The van der Waals surface area contributed by atoms with Gasteiger partial charge in [0.25, 0.3) is 5.91 Å². The Balaban J connectivity index is 1.28. The number of benzene rings is 2. The molecular weight excluding hydrogens is 470 g/mol. The first-order chi connectivity index (χ1) is 18.1. The van der Waals surface area contributed by atoms with E-state index in [9.17, 15) is 4.79 Å². The van der Waals surface area contributed by atoms with E-state index >= 15 is 0 Å². The van der Waals surface area contributed by atoms with Crippen LogP contribution in [0.4, 0.5) is 17.5 Å². The highest BCUT2D eigenvalue weighted by atomic mass is 16.5. The number of nitrogens with zero attached hydrogens (tertiary/aromatic N) is 3. The first-order valence-corrected chi connectivity index (χ1v) is 11.7. The number of carbonyl (C=O) groups excluding carboxylic acids is 1. The Hall–Kier alpha value is -4.92. The molecule has 0 atom stereocenters. The van der Waals surface area contributed by atoms with Crippen LogP contribution in [-0.4, -0.2) is 35.1 Å². The van der Waals surface area contributed by atoms with E-state index in [1.165, 1.54) is 23.6 Å². The number of hydrogen-bond acceptors (Lipinski definition) is 8. The number of amides is 1. The molecule has 3 heterocycles. The number of nitrogens with one attached hydrogen (secondary N) is 2. The first-order valence-electron chi connectivity index (χ1n) is 11.7. The lowest BCUT2D eigenvalue weighted by Gasteiger charge is -2.12. The predicted molar refractivity (Wildman–Crippen MR) is 141 cm³/mol. The average molecular weight is 496 g/mol. The van der Waals surface area contributed by atoms with Crippen molar-refractivity contribution in [2.75, 3.05) is 24.9 Å². The zero-order valence-corrected chi connectivity index (χ0v) is 20.4. The highest BCUT2D eigenvalue weighted by Crippen LogP contribution is 2.33. The van der Waals surface area contributed by atoms with Gasteiger partial charge in [-0.15, -0.1) is 0 Å².